The first kappa shape index (κ1) is 17.2. The predicted molar refractivity (Wildman–Crippen MR) is 95.7 cm³/mol. The molecule has 0 bridgehead atoms. The van der Waals surface area contributed by atoms with Gasteiger partial charge in [-0.1, -0.05) is 28.1 Å². The molecule has 1 aliphatic rings. The summed E-state index contributed by atoms with van der Waals surface area (Å²) in [5.74, 6) is -0.521. The molecule has 25 heavy (non-hydrogen) atoms. The lowest BCUT2D eigenvalue weighted by Gasteiger charge is -2.14. The Kier molecular flexibility index (Phi) is 4.85. The van der Waals surface area contributed by atoms with E-state index in [9.17, 15) is 14.4 Å². The van der Waals surface area contributed by atoms with E-state index in [1.165, 1.54) is 7.11 Å². The predicted octanol–water partition coefficient (Wildman–Crippen LogP) is 3.08. The van der Waals surface area contributed by atoms with E-state index in [2.05, 4.69) is 21.2 Å². The molecule has 2 aromatic rings. The van der Waals surface area contributed by atoms with E-state index in [-0.39, 0.29) is 30.7 Å². The van der Waals surface area contributed by atoms with E-state index in [1.807, 2.05) is 0 Å². The van der Waals surface area contributed by atoms with Gasteiger partial charge in [0.05, 0.1) is 23.9 Å². The van der Waals surface area contributed by atoms with Crippen LogP contribution in [0.1, 0.15) is 27.1 Å². The molecule has 1 N–H and O–H groups in total. The molecule has 0 aromatic heterocycles. The van der Waals surface area contributed by atoms with Crippen LogP contribution in [0.4, 0.5) is 5.69 Å². The van der Waals surface area contributed by atoms with E-state index in [4.69, 9.17) is 4.74 Å². The number of anilines is 1. The number of methoxy groups -OCH3 is 1. The lowest BCUT2D eigenvalue weighted by molar-refractivity contribution is -0.116. The summed E-state index contributed by atoms with van der Waals surface area (Å²) in [6.07, 6.45) is 0.00113. The van der Waals surface area contributed by atoms with Crippen molar-refractivity contribution in [2.24, 2.45) is 0 Å². The number of nitrogens with one attached hydrogen (secondary N) is 1. The van der Waals surface area contributed by atoms with Gasteiger partial charge in [-0.25, -0.2) is 0 Å². The van der Waals surface area contributed by atoms with Crippen molar-refractivity contribution >= 4 is 39.3 Å². The van der Waals surface area contributed by atoms with Crippen LogP contribution in [0.5, 0.6) is 5.75 Å². The lowest BCUT2D eigenvalue weighted by Crippen LogP contribution is -2.32. The van der Waals surface area contributed by atoms with Crippen molar-refractivity contribution in [2.45, 2.75) is 6.42 Å². The van der Waals surface area contributed by atoms with Crippen molar-refractivity contribution in [1.29, 1.82) is 0 Å². The molecule has 3 amide bonds. The highest BCUT2D eigenvalue weighted by molar-refractivity contribution is 9.10. The number of halogens is 1. The average Bonchev–Trinajstić information content (AvgIpc) is 2.85. The van der Waals surface area contributed by atoms with Gasteiger partial charge in [-0.2, -0.15) is 0 Å². The van der Waals surface area contributed by atoms with Crippen molar-refractivity contribution in [3.8, 4) is 5.75 Å². The molecule has 7 heteroatoms. The van der Waals surface area contributed by atoms with Crippen LogP contribution < -0.4 is 10.1 Å². The van der Waals surface area contributed by atoms with Gasteiger partial charge in [0.15, 0.2) is 0 Å². The van der Waals surface area contributed by atoms with Gasteiger partial charge < -0.3 is 10.1 Å². The number of benzene rings is 2. The fourth-order valence-corrected chi connectivity index (χ4v) is 3.01. The monoisotopic (exact) mass is 402 g/mol. The minimum Gasteiger partial charge on any atom is -0.495 e. The third-order valence-corrected chi connectivity index (χ3v) is 4.37. The fourth-order valence-electron chi connectivity index (χ4n) is 2.65. The van der Waals surface area contributed by atoms with Crippen LogP contribution in [-0.4, -0.2) is 36.3 Å². The van der Waals surface area contributed by atoms with Gasteiger partial charge in [-0.15, -0.1) is 0 Å². The normalized spacial score (nSPS) is 13.0. The molecule has 0 aliphatic carbocycles. The van der Waals surface area contributed by atoms with Crippen LogP contribution in [0.2, 0.25) is 0 Å². The number of carbonyl (C=O) groups is 3. The summed E-state index contributed by atoms with van der Waals surface area (Å²) >= 11 is 3.34. The summed E-state index contributed by atoms with van der Waals surface area (Å²) in [6, 6.07) is 11.9. The maximum absolute atomic E-state index is 12.3. The van der Waals surface area contributed by atoms with Gasteiger partial charge in [0, 0.05) is 17.4 Å². The number of imide groups is 1. The molecule has 0 radical (unpaired) electrons. The Morgan fingerprint density at radius 3 is 2.36 bits per heavy atom. The number of hydrogen-bond acceptors (Lipinski definition) is 4. The number of fused-ring (bicyclic) bond motifs is 1. The summed E-state index contributed by atoms with van der Waals surface area (Å²) in [5, 5.41) is 2.73. The van der Waals surface area contributed by atoms with Crippen LogP contribution in [0.15, 0.2) is 46.9 Å². The molecule has 2 aromatic carbocycles. The quantitative estimate of drug-likeness (QED) is 0.779. The molecule has 0 unspecified atom stereocenters. The molecule has 1 heterocycles. The molecule has 6 nitrogen and oxygen atoms in total. The SMILES string of the molecule is COc1ccc(Br)cc1NC(=O)CCN1C(=O)c2ccccc2C1=O. The number of ether oxygens (including phenoxy) is 1. The summed E-state index contributed by atoms with van der Waals surface area (Å²) < 4.78 is 6.00. The van der Waals surface area contributed by atoms with Crippen molar-refractivity contribution in [3.63, 3.8) is 0 Å². The molecular formula is C18H15BrN2O4. The zero-order chi connectivity index (χ0) is 18.0. The Labute approximate surface area is 152 Å². The average molecular weight is 403 g/mol. The number of rotatable bonds is 5. The van der Waals surface area contributed by atoms with Crippen molar-refractivity contribution in [3.05, 3.63) is 58.1 Å². The Bertz CT molecular complexity index is 831. The highest BCUT2D eigenvalue weighted by atomic mass is 79.9. The van der Waals surface area contributed by atoms with Gasteiger partial charge in [0.1, 0.15) is 5.75 Å². The topological polar surface area (TPSA) is 75.7 Å². The first-order chi connectivity index (χ1) is 12.0. The Balaban J connectivity index is 1.65. The van der Waals surface area contributed by atoms with Crippen molar-refractivity contribution < 1.29 is 19.1 Å². The van der Waals surface area contributed by atoms with Crippen molar-refractivity contribution in [2.75, 3.05) is 19.0 Å². The maximum atomic E-state index is 12.3. The molecule has 1 aliphatic heterocycles. The van der Waals surface area contributed by atoms with E-state index < -0.39 is 0 Å². The van der Waals surface area contributed by atoms with Gasteiger partial charge in [-0.05, 0) is 30.3 Å². The smallest absolute Gasteiger partial charge is 0.261 e. The lowest BCUT2D eigenvalue weighted by atomic mass is 10.1. The first-order valence-corrected chi connectivity index (χ1v) is 8.39. The van der Waals surface area contributed by atoms with Crippen molar-refractivity contribution in [1.82, 2.24) is 4.90 Å². The largest absolute Gasteiger partial charge is 0.495 e. The molecule has 3 rings (SSSR count). The summed E-state index contributed by atoms with van der Waals surface area (Å²) in [7, 11) is 1.51. The second-order valence-corrected chi connectivity index (χ2v) is 6.37. The number of nitrogens with zero attached hydrogens (tertiary/aromatic N) is 1. The third kappa shape index (κ3) is 3.41. The van der Waals surface area contributed by atoms with E-state index >= 15 is 0 Å². The van der Waals surface area contributed by atoms with Gasteiger partial charge in [-0.3, -0.25) is 19.3 Å². The van der Waals surface area contributed by atoms with Crippen LogP contribution >= 0.6 is 15.9 Å². The zero-order valence-corrected chi connectivity index (χ0v) is 15.0. The molecule has 128 valence electrons. The van der Waals surface area contributed by atoms with Gasteiger partial charge >= 0.3 is 0 Å². The number of hydrogen-bond donors (Lipinski definition) is 1. The van der Waals surface area contributed by atoms with Crippen LogP contribution in [0.25, 0.3) is 0 Å². The second-order valence-electron chi connectivity index (χ2n) is 5.45. The third-order valence-electron chi connectivity index (χ3n) is 3.88. The van der Waals surface area contributed by atoms with Gasteiger partial charge in [0.25, 0.3) is 11.8 Å². The number of carbonyl (C=O) groups excluding carboxylic acids is 3. The molecular weight excluding hydrogens is 388 g/mol. The van der Waals surface area contributed by atoms with E-state index in [0.717, 1.165) is 9.37 Å². The van der Waals surface area contributed by atoms with Crippen LogP contribution in [-0.2, 0) is 4.79 Å². The maximum Gasteiger partial charge on any atom is 0.261 e. The minimum absolute atomic E-state index is 0.00113. The molecule has 0 saturated heterocycles. The molecule has 0 spiro atoms. The zero-order valence-electron chi connectivity index (χ0n) is 13.4. The molecule has 0 atom stereocenters. The fraction of sp³-hybridized carbons (Fsp3) is 0.167. The highest BCUT2D eigenvalue weighted by Gasteiger charge is 2.34. The molecule has 0 fully saturated rings. The number of amides is 3. The van der Waals surface area contributed by atoms with Crippen LogP contribution in [0.3, 0.4) is 0 Å². The van der Waals surface area contributed by atoms with E-state index in [0.29, 0.717) is 22.6 Å². The van der Waals surface area contributed by atoms with Gasteiger partial charge in [0.2, 0.25) is 5.91 Å². The minimum atomic E-state index is -0.367. The Morgan fingerprint density at radius 2 is 1.76 bits per heavy atom. The van der Waals surface area contributed by atoms with E-state index in [1.54, 1.807) is 42.5 Å². The summed E-state index contributed by atoms with van der Waals surface area (Å²) in [5.41, 5.74) is 1.27. The van der Waals surface area contributed by atoms with Crippen LogP contribution in [0, 0.1) is 0 Å². The highest BCUT2D eigenvalue weighted by Crippen LogP contribution is 2.28. The standard InChI is InChI=1S/C18H15BrN2O4/c1-25-15-7-6-11(19)10-14(15)20-16(22)8-9-21-17(23)12-4-2-3-5-13(12)18(21)24/h2-7,10H,8-9H2,1H3,(H,20,22). The second kappa shape index (κ2) is 7.06. The Hall–Kier alpha value is -2.67. The summed E-state index contributed by atoms with van der Waals surface area (Å²) in [6.45, 7) is 0.0223. The molecule has 0 saturated carbocycles. The summed E-state index contributed by atoms with van der Waals surface area (Å²) in [4.78, 5) is 37.8. The Morgan fingerprint density at radius 1 is 1.12 bits per heavy atom. The first-order valence-electron chi connectivity index (χ1n) is 7.60.